The largest absolute Gasteiger partial charge is 0.364 e. The van der Waals surface area contributed by atoms with E-state index in [4.69, 9.17) is 0 Å². The van der Waals surface area contributed by atoms with Gasteiger partial charge in [-0.15, -0.1) is 0 Å². The third kappa shape index (κ3) is 2.95. The number of nitrogens with zero attached hydrogens (tertiary/aromatic N) is 2. The van der Waals surface area contributed by atoms with E-state index in [-0.39, 0.29) is 23.3 Å². The molecule has 1 fully saturated rings. The van der Waals surface area contributed by atoms with Crippen LogP contribution in [0.1, 0.15) is 12.0 Å². The number of nitrogens with one attached hydrogen (secondary N) is 1. The lowest BCUT2D eigenvalue weighted by molar-refractivity contribution is -0.130. The van der Waals surface area contributed by atoms with E-state index in [1.54, 1.807) is 23.2 Å². The first-order chi connectivity index (χ1) is 11.5. The Balaban J connectivity index is 1.81. The maximum absolute atomic E-state index is 12.2. The van der Waals surface area contributed by atoms with Crippen LogP contribution in [0.25, 0.3) is 5.57 Å². The van der Waals surface area contributed by atoms with Crippen molar-refractivity contribution in [2.24, 2.45) is 0 Å². The molecule has 1 aliphatic heterocycles. The Morgan fingerprint density at radius 2 is 2.17 bits per heavy atom. The van der Waals surface area contributed by atoms with Crippen LogP contribution in [-0.2, 0) is 9.59 Å². The summed E-state index contributed by atoms with van der Waals surface area (Å²) in [6, 6.07) is 1.87. The van der Waals surface area contributed by atoms with Crippen molar-refractivity contribution in [2.75, 3.05) is 25.0 Å². The monoisotopic (exact) mass is 325 g/mol. The maximum atomic E-state index is 12.2. The SMILES string of the molecule is C=CC(=O)N1CC(N(C)c2cc(C3=CC(=O)CC=C3)c[nH]c2=O)C1. The number of aromatic nitrogens is 1. The molecule has 0 aromatic carbocycles. The van der Waals surface area contributed by atoms with Crippen molar-refractivity contribution in [3.63, 3.8) is 0 Å². The van der Waals surface area contributed by atoms with Gasteiger partial charge in [-0.25, -0.2) is 0 Å². The fourth-order valence-corrected chi connectivity index (χ4v) is 2.87. The van der Waals surface area contributed by atoms with Crippen molar-refractivity contribution in [3.05, 3.63) is 59.1 Å². The molecule has 1 amide bonds. The lowest BCUT2D eigenvalue weighted by atomic mass is 9.99. The van der Waals surface area contributed by atoms with Crippen LogP contribution < -0.4 is 10.5 Å². The number of likely N-dealkylation sites (tertiary alicyclic amines) is 1. The van der Waals surface area contributed by atoms with Gasteiger partial charge in [0, 0.05) is 38.3 Å². The number of allylic oxidation sites excluding steroid dienone is 4. The Hall–Kier alpha value is -2.89. The van der Waals surface area contributed by atoms with E-state index in [1.807, 2.05) is 24.1 Å². The van der Waals surface area contributed by atoms with E-state index in [2.05, 4.69) is 11.6 Å². The van der Waals surface area contributed by atoms with E-state index < -0.39 is 0 Å². The van der Waals surface area contributed by atoms with Crippen molar-refractivity contribution in [3.8, 4) is 0 Å². The molecule has 1 aromatic rings. The summed E-state index contributed by atoms with van der Waals surface area (Å²) in [5, 5.41) is 0. The Morgan fingerprint density at radius 1 is 1.42 bits per heavy atom. The maximum Gasteiger partial charge on any atom is 0.271 e. The third-order valence-electron chi connectivity index (χ3n) is 4.43. The van der Waals surface area contributed by atoms with Gasteiger partial charge in [0.2, 0.25) is 5.91 Å². The Kier molecular flexibility index (Phi) is 4.20. The molecular formula is C18H19N3O3. The van der Waals surface area contributed by atoms with Gasteiger partial charge >= 0.3 is 0 Å². The Morgan fingerprint density at radius 3 is 2.83 bits per heavy atom. The lowest BCUT2D eigenvalue weighted by Gasteiger charge is -2.44. The van der Waals surface area contributed by atoms with Crippen molar-refractivity contribution in [1.29, 1.82) is 0 Å². The lowest BCUT2D eigenvalue weighted by Crippen LogP contribution is -2.60. The molecule has 2 aliphatic rings. The van der Waals surface area contributed by atoms with Crippen molar-refractivity contribution >= 4 is 23.0 Å². The summed E-state index contributed by atoms with van der Waals surface area (Å²) in [6.07, 6.45) is 8.61. The average Bonchev–Trinajstić information content (AvgIpc) is 2.53. The van der Waals surface area contributed by atoms with Crippen molar-refractivity contribution in [1.82, 2.24) is 9.88 Å². The minimum Gasteiger partial charge on any atom is -0.364 e. The average molecular weight is 325 g/mol. The number of rotatable bonds is 4. The number of ketones is 1. The van der Waals surface area contributed by atoms with Crippen LogP contribution in [-0.4, -0.2) is 47.8 Å². The number of hydrogen-bond acceptors (Lipinski definition) is 4. The Labute approximate surface area is 139 Å². The van der Waals surface area contributed by atoms with Crippen molar-refractivity contribution in [2.45, 2.75) is 12.5 Å². The first-order valence-electron chi connectivity index (χ1n) is 7.78. The highest BCUT2D eigenvalue weighted by Gasteiger charge is 2.33. The third-order valence-corrected chi connectivity index (χ3v) is 4.43. The minimum absolute atomic E-state index is 0.0474. The molecule has 24 heavy (non-hydrogen) atoms. The van der Waals surface area contributed by atoms with Gasteiger partial charge in [-0.2, -0.15) is 0 Å². The van der Waals surface area contributed by atoms with Crippen LogP contribution >= 0.6 is 0 Å². The standard InChI is InChI=1S/C18H19N3O3/c1-3-17(23)21-10-14(11-21)20(2)16-8-13(9-19-18(16)24)12-5-4-6-15(22)7-12/h3-5,7-9,14H,1,6,10-11H2,2H3,(H,19,24). The highest BCUT2D eigenvalue weighted by atomic mass is 16.2. The second-order valence-electron chi connectivity index (χ2n) is 5.99. The van der Waals surface area contributed by atoms with Crippen LogP contribution in [0, 0.1) is 0 Å². The molecule has 0 atom stereocenters. The molecule has 1 N–H and O–H groups in total. The number of aromatic amines is 1. The summed E-state index contributed by atoms with van der Waals surface area (Å²) >= 11 is 0. The van der Waals surface area contributed by atoms with Crippen LogP contribution in [0.15, 0.2) is 47.9 Å². The molecule has 0 bridgehead atoms. The molecule has 1 aromatic heterocycles. The normalized spacial score (nSPS) is 17.3. The number of pyridine rings is 1. The van der Waals surface area contributed by atoms with Gasteiger partial charge in [0.15, 0.2) is 5.78 Å². The molecule has 6 nitrogen and oxygen atoms in total. The first kappa shape index (κ1) is 16.0. The zero-order valence-corrected chi connectivity index (χ0v) is 13.5. The fourth-order valence-electron chi connectivity index (χ4n) is 2.87. The Bertz CT molecular complexity index is 813. The number of carbonyl (C=O) groups excluding carboxylic acids is 2. The molecule has 6 heteroatoms. The van der Waals surface area contributed by atoms with E-state index in [0.717, 1.165) is 11.1 Å². The predicted octanol–water partition coefficient (Wildman–Crippen LogP) is 1.12. The number of amides is 1. The molecule has 1 saturated heterocycles. The predicted molar refractivity (Wildman–Crippen MR) is 92.8 cm³/mol. The smallest absolute Gasteiger partial charge is 0.271 e. The molecule has 0 spiro atoms. The second kappa shape index (κ2) is 6.31. The zero-order valence-electron chi connectivity index (χ0n) is 13.5. The molecule has 3 rings (SSSR count). The van der Waals surface area contributed by atoms with Gasteiger partial charge in [-0.05, 0) is 23.8 Å². The summed E-state index contributed by atoms with van der Waals surface area (Å²) < 4.78 is 0. The van der Waals surface area contributed by atoms with Crippen molar-refractivity contribution < 1.29 is 9.59 Å². The van der Waals surface area contributed by atoms with E-state index in [0.29, 0.717) is 25.2 Å². The summed E-state index contributed by atoms with van der Waals surface area (Å²) in [6.45, 7) is 4.60. The number of hydrogen-bond donors (Lipinski definition) is 1. The highest BCUT2D eigenvalue weighted by molar-refractivity contribution is 6.01. The fraction of sp³-hybridized carbons (Fsp3) is 0.278. The highest BCUT2D eigenvalue weighted by Crippen LogP contribution is 2.24. The first-order valence-corrected chi connectivity index (χ1v) is 7.78. The summed E-state index contributed by atoms with van der Waals surface area (Å²) in [4.78, 5) is 41.6. The van der Waals surface area contributed by atoms with Gasteiger partial charge in [-0.3, -0.25) is 14.4 Å². The summed E-state index contributed by atoms with van der Waals surface area (Å²) in [7, 11) is 1.84. The van der Waals surface area contributed by atoms with Gasteiger partial charge in [0.25, 0.3) is 5.56 Å². The van der Waals surface area contributed by atoms with Gasteiger partial charge in [0.1, 0.15) is 5.69 Å². The van der Waals surface area contributed by atoms with Gasteiger partial charge < -0.3 is 14.8 Å². The zero-order chi connectivity index (χ0) is 17.3. The van der Waals surface area contributed by atoms with E-state index >= 15 is 0 Å². The minimum atomic E-state index is -0.193. The summed E-state index contributed by atoms with van der Waals surface area (Å²) in [5.74, 6) is -0.0514. The number of H-pyrrole nitrogens is 1. The molecule has 2 heterocycles. The van der Waals surface area contributed by atoms with E-state index in [9.17, 15) is 14.4 Å². The number of likely N-dealkylation sites (N-methyl/N-ethyl adjacent to an activating group) is 1. The molecular weight excluding hydrogens is 306 g/mol. The molecule has 0 saturated carbocycles. The van der Waals surface area contributed by atoms with Crippen LogP contribution in [0.2, 0.25) is 0 Å². The van der Waals surface area contributed by atoms with Gasteiger partial charge in [0.05, 0.1) is 6.04 Å². The number of carbonyl (C=O) groups is 2. The molecule has 0 unspecified atom stereocenters. The van der Waals surface area contributed by atoms with E-state index in [1.165, 1.54) is 6.08 Å². The quantitative estimate of drug-likeness (QED) is 0.842. The topological polar surface area (TPSA) is 73.5 Å². The molecule has 0 radical (unpaired) electrons. The molecule has 124 valence electrons. The van der Waals surface area contributed by atoms with Crippen LogP contribution in [0.4, 0.5) is 5.69 Å². The number of anilines is 1. The summed E-state index contributed by atoms with van der Waals surface area (Å²) in [5.41, 5.74) is 1.91. The molecule has 1 aliphatic carbocycles. The van der Waals surface area contributed by atoms with Gasteiger partial charge in [-0.1, -0.05) is 18.7 Å². The van der Waals surface area contributed by atoms with Crippen LogP contribution in [0.3, 0.4) is 0 Å². The second-order valence-corrected chi connectivity index (χ2v) is 5.99. The van der Waals surface area contributed by atoms with Crippen LogP contribution in [0.5, 0.6) is 0 Å².